The number of thiazole rings is 1. The molecule has 4 aromatic rings. The summed E-state index contributed by atoms with van der Waals surface area (Å²) < 4.78 is 0. The minimum atomic E-state index is -0.221. The zero-order valence-corrected chi connectivity index (χ0v) is 16.5. The standard InChI is InChI=1S/C21H20N6OS/c28-20(25-17-12-23-6-5-19(17)27-9-7-22-8-10-27)21-26-18(13-29-21)16-11-14-3-1-2-4-15(14)24-16/h1-6,11-13,22,24H,7-10H2,(H,25,28). The Bertz CT molecular complexity index is 1130. The van der Waals surface area contributed by atoms with E-state index in [1.165, 1.54) is 11.3 Å². The Morgan fingerprint density at radius 2 is 2.03 bits per heavy atom. The fourth-order valence-corrected chi connectivity index (χ4v) is 4.27. The van der Waals surface area contributed by atoms with Gasteiger partial charge in [-0.3, -0.25) is 9.78 Å². The van der Waals surface area contributed by atoms with Gasteiger partial charge in [-0.2, -0.15) is 0 Å². The number of hydrogen-bond donors (Lipinski definition) is 3. The van der Waals surface area contributed by atoms with Crippen LogP contribution in [0.5, 0.6) is 0 Å². The topological polar surface area (TPSA) is 85.9 Å². The van der Waals surface area contributed by atoms with E-state index in [0.29, 0.717) is 10.7 Å². The average molecular weight is 404 g/mol. The Labute approximate surface area is 171 Å². The number of fused-ring (bicyclic) bond motifs is 1. The molecule has 3 aromatic heterocycles. The maximum Gasteiger partial charge on any atom is 0.284 e. The van der Waals surface area contributed by atoms with Gasteiger partial charge in [0.25, 0.3) is 5.91 Å². The first-order valence-corrected chi connectivity index (χ1v) is 10.4. The van der Waals surface area contributed by atoms with Crippen molar-refractivity contribution in [2.24, 2.45) is 0 Å². The van der Waals surface area contributed by atoms with Gasteiger partial charge in [0, 0.05) is 48.7 Å². The van der Waals surface area contributed by atoms with E-state index in [1.807, 2.05) is 29.6 Å². The number of carbonyl (C=O) groups excluding carboxylic acids is 1. The third-order valence-electron chi connectivity index (χ3n) is 5.01. The van der Waals surface area contributed by atoms with Gasteiger partial charge in [-0.25, -0.2) is 4.98 Å². The molecular weight excluding hydrogens is 384 g/mol. The first-order valence-electron chi connectivity index (χ1n) is 9.52. The van der Waals surface area contributed by atoms with Crippen molar-refractivity contribution in [3.8, 4) is 11.4 Å². The van der Waals surface area contributed by atoms with Crippen molar-refractivity contribution in [1.29, 1.82) is 0 Å². The molecule has 8 heteroatoms. The number of aromatic amines is 1. The van der Waals surface area contributed by atoms with Crippen molar-refractivity contribution in [3.63, 3.8) is 0 Å². The van der Waals surface area contributed by atoms with E-state index < -0.39 is 0 Å². The quantitative estimate of drug-likeness (QED) is 0.486. The third kappa shape index (κ3) is 3.59. The smallest absolute Gasteiger partial charge is 0.284 e. The van der Waals surface area contributed by atoms with Crippen molar-refractivity contribution in [2.45, 2.75) is 0 Å². The predicted molar refractivity (Wildman–Crippen MR) is 117 cm³/mol. The number of pyridine rings is 1. The molecule has 1 aromatic carbocycles. The molecule has 0 radical (unpaired) electrons. The maximum absolute atomic E-state index is 12.8. The monoisotopic (exact) mass is 404 g/mol. The predicted octanol–water partition coefficient (Wildman–Crippen LogP) is 3.35. The van der Waals surface area contributed by atoms with E-state index in [2.05, 4.69) is 42.6 Å². The lowest BCUT2D eigenvalue weighted by atomic mass is 10.2. The van der Waals surface area contributed by atoms with E-state index in [1.54, 1.807) is 12.4 Å². The Morgan fingerprint density at radius 3 is 2.90 bits per heavy atom. The van der Waals surface area contributed by atoms with Gasteiger partial charge in [-0.15, -0.1) is 11.3 Å². The highest BCUT2D eigenvalue weighted by molar-refractivity contribution is 7.12. The summed E-state index contributed by atoms with van der Waals surface area (Å²) in [6.07, 6.45) is 3.45. The molecule has 0 atom stereocenters. The molecule has 0 bridgehead atoms. The minimum absolute atomic E-state index is 0.221. The molecule has 1 fully saturated rings. The highest BCUT2D eigenvalue weighted by Gasteiger charge is 2.18. The van der Waals surface area contributed by atoms with Gasteiger partial charge in [0.1, 0.15) is 0 Å². The normalized spacial score (nSPS) is 14.3. The van der Waals surface area contributed by atoms with Crippen molar-refractivity contribution in [1.82, 2.24) is 20.3 Å². The lowest BCUT2D eigenvalue weighted by molar-refractivity contribution is 0.102. The van der Waals surface area contributed by atoms with Crippen LogP contribution in [0.1, 0.15) is 9.80 Å². The summed E-state index contributed by atoms with van der Waals surface area (Å²) in [5.74, 6) is -0.221. The van der Waals surface area contributed by atoms with Crippen LogP contribution >= 0.6 is 11.3 Å². The van der Waals surface area contributed by atoms with Crippen molar-refractivity contribution in [2.75, 3.05) is 36.4 Å². The molecule has 5 rings (SSSR count). The van der Waals surface area contributed by atoms with Gasteiger partial charge in [-0.1, -0.05) is 18.2 Å². The van der Waals surface area contributed by atoms with Crippen molar-refractivity contribution in [3.05, 3.63) is 59.2 Å². The van der Waals surface area contributed by atoms with Gasteiger partial charge in [-0.05, 0) is 18.2 Å². The summed E-state index contributed by atoms with van der Waals surface area (Å²) in [5.41, 5.74) is 4.43. The number of piperazine rings is 1. The molecular formula is C21H20N6OS. The molecule has 1 saturated heterocycles. The third-order valence-corrected chi connectivity index (χ3v) is 5.85. The number of para-hydroxylation sites is 1. The number of H-pyrrole nitrogens is 1. The lowest BCUT2D eigenvalue weighted by Crippen LogP contribution is -2.43. The second-order valence-corrected chi connectivity index (χ2v) is 7.75. The van der Waals surface area contributed by atoms with Crippen LogP contribution in [0, 0.1) is 0 Å². The van der Waals surface area contributed by atoms with Crippen LogP contribution in [0.3, 0.4) is 0 Å². The Morgan fingerprint density at radius 1 is 1.17 bits per heavy atom. The highest BCUT2D eigenvalue weighted by atomic mass is 32.1. The number of benzene rings is 1. The Hall–Kier alpha value is -3.23. The summed E-state index contributed by atoms with van der Waals surface area (Å²) in [7, 11) is 0. The summed E-state index contributed by atoms with van der Waals surface area (Å²) >= 11 is 1.34. The number of nitrogens with one attached hydrogen (secondary N) is 3. The summed E-state index contributed by atoms with van der Waals surface area (Å²) in [6, 6.07) is 12.1. The van der Waals surface area contributed by atoms with Crippen LogP contribution in [0.4, 0.5) is 11.4 Å². The number of anilines is 2. The molecule has 1 amide bonds. The Kier molecular flexibility index (Phi) is 4.71. The molecule has 3 N–H and O–H groups in total. The maximum atomic E-state index is 12.8. The Balaban J connectivity index is 1.37. The van der Waals surface area contributed by atoms with E-state index in [4.69, 9.17) is 0 Å². The number of carbonyl (C=O) groups is 1. The van der Waals surface area contributed by atoms with Crippen LogP contribution in [0.15, 0.2) is 54.2 Å². The number of rotatable bonds is 4. The molecule has 0 spiro atoms. The molecule has 146 valence electrons. The van der Waals surface area contributed by atoms with Gasteiger partial charge < -0.3 is 20.5 Å². The second-order valence-electron chi connectivity index (χ2n) is 6.89. The van der Waals surface area contributed by atoms with Crippen LogP contribution in [0.2, 0.25) is 0 Å². The van der Waals surface area contributed by atoms with Crippen LogP contribution < -0.4 is 15.5 Å². The van der Waals surface area contributed by atoms with Gasteiger partial charge in [0.05, 0.1) is 29.0 Å². The first kappa shape index (κ1) is 17.8. The summed E-state index contributed by atoms with van der Waals surface area (Å²) in [6.45, 7) is 3.65. The largest absolute Gasteiger partial charge is 0.367 e. The molecule has 0 aliphatic carbocycles. The summed E-state index contributed by atoms with van der Waals surface area (Å²) in [5, 5.41) is 9.78. The lowest BCUT2D eigenvalue weighted by Gasteiger charge is -2.30. The first-order chi connectivity index (χ1) is 14.3. The second kappa shape index (κ2) is 7.65. The van der Waals surface area contributed by atoms with E-state index in [-0.39, 0.29) is 5.91 Å². The number of nitrogens with zero attached hydrogens (tertiary/aromatic N) is 3. The fraction of sp³-hybridized carbons (Fsp3) is 0.190. The van der Waals surface area contributed by atoms with Crippen LogP contribution in [-0.4, -0.2) is 47.0 Å². The molecule has 0 saturated carbocycles. The number of aromatic nitrogens is 3. The SMILES string of the molecule is O=C(Nc1cnccc1N1CCNCC1)c1nc(-c2cc3ccccc3[nH]2)cs1. The van der Waals surface area contributed by atoms with Gasteiger partial charge in [0.2, 0.25) is 0 Å². The van der Waals surface area contributed by atoms with E-state index in [9.17, 15) is 4.79 Å². The van der Waals surface area contributed by atoms with Crippen molar-refractivity contribution < 1.29 is 4.79 Å². The molecule has 4 heterocycles. The molecule has 1 aliphatic rings. The van der Waals surface area contributed by atoms with E-state index in [0.717, 1.165) is 54.2 Å². The van der Waals surface area contributed by atoms with Gasteiger partial charge >= 0.3 is 0 Å². The average Bonchev–Trinajstić information content (AvgIpc) is 3.42. The molecule has 1 aliphatic heterocycles. The molecule has 0 unspecified atom stereocenters. The van der Waals surface area contributed by atoms with Crippen molar-refractivity contribution >= 4 is 39.5 Å². The summed E-state index contributed by atoms with van der Waals surface area (Å²) in [4.78, 5) is 27.2. The number of hydrogen-bond acceptors (Lipinski definition) is 6. The molecule has 29 heavy (non-hydrogen) atoms. The molecule has 7 nitrogen and oxygen atoms in total. The van der Waals surface area contributed by atoms with Gasteiger partial charge in [0.15, 0.2) is 5.01 Å². The zero-order chi connectivity index (χ0) is 19.6. The van der Waals surface area contributed by atoms with E-state index >= 15 is 0 Å². The highest BCUT2D eigenvalue weighted by Crippen LogP contribution is 2.28. The van der Waals surface area contributed by atoms with Crippen LogP contribution in [0.25, 0.3) is 22.3 Å². The number of amides is 1. The minimum Gasteiger partial charge on any atom is -0.367 e. The fourth-order valence-electron chi connectivity index (χ4n) is 3.55. The zero-order valence-electron chi connectivity index (χ0n) is 15.7. The van der Waals surface area contributed by atoms with Crippen LogP contribution in [-0.2, 0) is 0 Å².